The van der Waals surface area contributed by atoms with Gasteiger partial charge in [-0.1, -0.05) is 96.2 Å². The molecule has 2 heteroatoms. The van der Waals surface area contributed by atoms with Gasteiger partial charge in [-0.05, 0) is 12.8 Å². The normalized spacial score (nSPS) is 10.8. The predicted molar refractivity (Wildman–Crippen MR) is 91.9 cm³/mol. The molecular formula is C16H32S2. The van der Waals surface area contributed by atoms with Crippen molar-refractivity contribution in [2.75, 3.05) is 0 Å². The molecule has 0 nitrogen and oxygen atoms in total. The lowest BCUT2D eigenvalue weighted by Gasteiger charge is -2.02. The average molecular weight is 289 g/mol. The number of thiocarbonyl (C=S) groups is 1. The van der Waals surface area contributed by atoms with Gasteiger partial charge in [-0.2, -0.15) is 0 Å². The van der Waals surface area contributed by atoms with E-state index >= 15 is 0 Å². The van der Waals surface area contributed by atoms with Crippen LogP contribution < -0.4 is 0 Å². The summed E-state index contributed by atoms with van der Waals surface area (Å²) in [5.41, 5.74) is 0. The van der Waals surface area contributed by atoms with E-state index in [4.69, 9.17) is 12.2 Å². The van der Waals surface area contributed by atoms with E-state index in [9.17, 15) is 0 Å². The molecule has 18 heavy (non-hydrogen) atoms. The third-order valence-electron chi connectivity index (χ3n) is 3.49. The quantitative estimate of drug-likeness (QED) is 0.210. The van der Waals surface area contributed by atoms with Gasteiger partial charge in [0.1, 0.15) is 0 Å². The first kappa shape index (κ1) is 18.4. The molecule has 0 unspecified atom stereocenters. The second-order valence-corrected chi connectivity index (χ2v) is 6.72. The minimum atomic E-state index is 0.873. The summed E-state index contributed by atoms with van der Waals surface area (Å²) in [6.07, 6.45) is 19.3. The molecule has 0 bridgehead atoms. The SMILES string of the molecule is CCCCCCCCCCCCCCCC(=S)S. The van der Waals surface area contributed by atoms with E-state index in [1.807, 2.05) is 0 Å². The van der Waals surface area contributed by atoms with Crippen LogP contribution in [0.2, 0.25) is 0 Å². The first-order chi connectivity index (χ1) is 8.77. The largest absolute Gasteiger partial charge is 0.136 e. The van der Waals surface area contributed by atoms with Crippen molar-refractivity contribution >= 4 is 29.0 Å². The Morgan fingerprint density at radius 2 is 1.00 bits per heavy atom. The highest BCUT2D eigenvalue weighted by Crippen LogP contribution is 2.13. The van der Waals surface area contributed by atoms with Gasteiger partial charge in [0, 0.05) is 4.20 Å². The maximum atomic E-state index is 4.95. The van der Waals surface area contributed by atoms with Gasteiger partial charge in [-0.15, -0.1) is 12.6 Å². The maximum Gasteiger partial charge on any atom is 0.0448 e. The Kier molecular flexibility index (Phi) is 15.9. The molecule has 0 aromatic heterocycles. The maximum absolute atomic E-state index is 4.95. The molecule has 0 aliphatic heterocycles. The molecule has 0 rings (SSSR count). The van der Waals surface area contributed by atoms with Crippen molar-refractivity contribution in [3.05, 3.63) is 0 Å². The fourth-order valence-electron chi connectivity index (χ4n) is 2.29. The number of thiol groups is 1. The van der Waals surface area contributed by atoms with Crippen molar-refractivity contribution in [1.82, 2.24) is 0 Å². The second-order valence-electron chi connectivity index (χ2n) is 5.39. The molecule has 0 spiro atoms. The summed E-state index contributed by atoms with van der Waals surface area (Å²) < 4.78 is 0.873. The topological polar surface area (TPSA) is 0 Å². The van der Waals surface area contributed by atoms with Crippen molar-refractivity contribution in [3.8, 4) is 0 Å². The lowest BCUT2D eigenvalue weighted by atomic mass is 10.0. The van der Waals surface area contributed by atoms with E-state index in [0.717, 1.165) is 10.6 Å². The number of hydrogen-bond acceptors (Lipinski definition) is 1. The van der Waals surface area contributed by atoms with Gasteiger partial charge in [0.25, 0.3) is 0 Å². The monoisotopic (exact) mass is 288 g/mol. The first-order valence-electron chi connectivity index (χ1n) is 7.99. The van der Waals surface area contributed by atoms with E-state index in [1.54, 1.807) is 0 Å². The summed E-state index contributed by atoms with van der Waals surface area (Å²) in [6, 6.07) is 0. The van der Waals surface area contributed by atoms with E-state index in [2.05, 4.69) is 19.6 Å². The van der Waals surface area contributed by atoms with Crippen molar-refractivity contribution in [2.45, 2.75) is 96.8 Å². The summed E-state index contributed by atoms with van der Waals surface area (Å²) in [4.78, 5) is 0. The Bertz CT molecular complexity index is 178. The van der Waals surface area contributed by atoms with Crippen LogP contribution in [0.4, 0.5) is 0 Å². The molecule has 0 heterocycles. The molecule has 0 saturated carbocycles. The number of hydrogen-bond donors (Lipinski definition) is 1. The van der Waals surface area contributed by atoms with Crippen LogP contribution in [0, 0.1) is 0 Å². The van der Waals surface area contributed by atoms with E-state index in [-0.39, 0.29) is 0 Å². The Morgan fingerprint density at radius 3 is 1.33 bits per heavy atom. The van der Waals surface area contributed by atoms with Crippen LogP contribution in [0.5, 0.6) is 0 Å². The molecule has 0 radical (unpaired) electrons. The summed E-state index contributed by atoms with van der Waals surface area (Å²) in [5, 5.41) is 0. The van der Waals surface area contributed by atoms with Crippen LogP contribution >= 0.6 is 24.8 Å². The third kappa shape index (κ3) is 16.4. The van der Waals surface area contributed by atoms with E-state index in [0.29, 0.717) is 0 Å². The highest BCUT2D eigenvalue weighted by Gasteiger charge is 1.94. The molecule has 0 N–H and O–H groups in total. The molecule has 0 aromatic carbocycles. The van der Waals surface area contributed by atoms with Crippen LogP contribution in [-0.2, 0) is 0 Å². The van der Waals surface area contributed by atoms with Gasteiger partial charge in [0.05, 0.1) is 0 Å². The Labute approximate surface area is 126 Å². The lowest BCUT2D eigenvalue weighted by molar-refractivity contribution is 0.541. The van der Waals surface area contributed by atoms with Gasteiger partial charge >= 0.3 is 0 Å². The van der Waals surface area contributed by atoms with Gasteiger partial charge in [0.2, 0.25) is 0 Å². The van der Waals surface area contributed by atoms with Crippen molar-refractivity contribution in [1.29, 1.82) is 0 Å². The van der Waals surface area contributed by atoms with Crippen LogP contribution in [0.1, 0.15) is 96.8 Å². The highest BCUT2D eigenvalue weighted by atomic mass is 32.1. The first-order valence-corrected chi connectivity index (χ1v) is 8.84. The Morgan fingerprint density at radius 1 is 0.667 bits per heavy atom. The summed E-state index contributed by atoms with van der Waals surface area (Å²) in [7, 11) is 0. The molecule has 0 atom stereocenters. The summed E-state index contributed by atoms with van der Waals surface area (Å²) >= 11 is 9.09. The fraction of sp³-hybridized carbons (Fsp3) is 0.938. The molecule has 0 aromatic rings. The molecule has 108 valence electrons. The Hall–Kier alpha value is 0.440. The number of unbranched alkanes of at least 4 members (excludes halogenated alkanes) is 12. The van der Waals surface area contributed by atoms with Crippen LogP contribution in [0.25, 0.3) is 0 Å². The molecule has 0 amide bonds. The van der Waals surface area contributed by atoms with Gasteiger partial charge in [0.15, 0.2) is 0 Å². The van der Waals surface area contributed by atoms with Gasteiger partial charge in [-0.3, -0.25) is 0 Å². The summed E-state index contributed by atoms with van der Waals surface area (Å²) in [6.45, 7) is 2.28. The molecule has 0 saturated heterocycles. The predicted octanol–water partition coefficient (Wildman–Crippen LogP) is 6.72. The Balaban J connectivity index is 2.92. The highest BCUT2D eigenvalue weighted by molar-refractivity contribution is 8.11. The second kappa shape index (κ2) is 15.5. The van der Waals surface area contributed by atoms with E-state index < -0.39 is 0 Å². The fourth-order valence-corrected chi connectivity index (χ4v) is 2.60. The zero-order valence-electron chi connectivity index (χ0n) is 12.3. The van der Waals surface area contributed by atoms with Gasteiger partial charge < -0.3 is 0 Å². The molecule has 0 fully saturated rings. The zero-order valence-corrected chi connectivity index (χ0v) is 14.0. The van der Waals surface area contributed by atoms with E-state index in [1.165, 1.54) is 83.5 Å². The van der Waals surface area contributed by atoms with Crippen molar-refractivity contribution < 1.29 is 0 Å². The minimum Gasteiger partial charge on any atom is -0.136 e. The molecular weight excluding hydrogens is 256 g/mol. The average Bonchev–Trinajstić information content (AvgIpc) is 2.34. The van der Waals surface area contributed by atoms with Crippen molar-refractivity contribution in [3.63, 3.8) is 0 Å². The molecule has 0 aliphatic rings. The standard InChI is InChI=1S/C16H32S2/c1-2-3-4-5-6-7-8-9-10-11-12-13-14-15-16(17)18/h2-15H2,1H3,(H,17,18). The number of rotatable bonds is 14. The lowest BCUT2D eigenvalue weighted by Crippen LogP contribution is -1.85. The minimum absolute atomic E-state index is 0.873. The molecule has 0 aliphatic carbocycles. The van der Waals surface area contributed by atoms with Crippen LogP contribution in [0.15, 0.2) is 0 Å². The summed E-state index contributed by atoms with van der Waals surface area (Å²) in [5.74, 6) is 0. The third-order valence-corrected chi connectivity index (χ3v) is 3.92. The van der Waals surface area contributed by atoms with Gasteiger partial charge in [-0.25, -0.2) is 0 Å². The van der Waals surface area contributed by atoms with Crippen molar-refractivity contribution in [2.24, 2.45) is 0 Å². The van der Waals surface area contributed by atoms with Crippen LogP contribution in [-0.4, -0.2) is 4.20 Å². The smallest absolute Gasteiger partial charge is 0.0448 e. The zero-order chi connectivity index (χ0) is 13.5. The van der Waals surface area contributed by atoms with Crippen LogP contribution in [0.3, 0.4) is 0 Å².